The molecule has 0 spiro atoms. The number of aromatic nitrogens is 1. The fourth-order valence-corrected chi connectivity index (χ4v) is 5.05. The molecule has 212 valence electrons. The summed E-state index contributed by atoms with van der Waals surface area (Å²) < 4.78 is 7.78. The Kier molecular flexibility index (Phi) is 9.14. The van der Waals surface area contributed by atoms with E-state index in [1.165, 1.54) is 0 Å². The quantitative estimate of drug-likeness (QED) is 0.200. The van der Waals surface area contributed by atoms with Crippen molar-refractivity contribution in [3.8, 4) is 5.75 Å². The van der Waals surface area contributed by atoms with E-state index >= 15 is 0 Å². The maximum atomic E-state index is 13.8. The van der Waals surface area contributed by atoms with Crippen LogP contribution < -0.4 is 20.9 Å². The molecule has 0 aliphatic rings. The van der Waals surface area contributed by atoms with E-state index in [0.717, 1.165) is 21.2 Å². The van der Waals surface area contributed by atoms with E-state index in [1.54, 1.807) is 29.9 Å². The van der Waals surface area contributed by atoms with E-state index in [0.29, 0.717) is 35.3 Å². The molecule has 5 rings (SSSR count). The average molecular weight is 625 g/mol. The van der Waals surface area contributed by atoms with Gasteiger partial charge in [0.15, 0.2) is 0 Å². The summed E-state index contributed by atoms with van der Waals surface area (Å²) in [4.78, 5) is 40.2. The van der Waals surface area contributed by atoms with Crippen molar-refractivity contribution < 1.29 is 14.3 Å². The minimum Gasteiger partial charge on any atom is -0.497 e. The molecule has 0 atom stereocenters. The number of pyridine rings is 1. The number of fused-ring (bicyclic) bond motifs is 1. The Morgan fingerprint density at radius 2 is 1.55 bits per heavy atom. The van der Waals surface area contributed by atoms with E-state index < -0.39 is 11.5 Å². The van der Waals surface area contributed by atoms with Gasteiger partial charge in [-0.1, -0.05) is 76.6 Å². The van der Waals surface area contributed by atoms with Crippen LogP contribution >= 0.6 is 15.9 Å². The summed E-state index contributed by atoms with van der Waals surface area (Å²) in [6.07, 6.45) is 0.819. The molecule has 8 heteroatoms. The Balaban J connectivity index is 1.49. The predicted molar refractivity (Wildman–Crippen MR) is 169 cm³/mol. The van der Waals surface area contributed by atoms with Crippen LogP contribution in [0.5, 0.6) is 5.75 Å². The SMILES string of the molecule is COc1ccc(Cn2c(=O)c(C(=O)NCCc3ccccc3)cc3c(NC(=O)Cc4ccc(Br)cc4)cccc32)cc1. The molecule has 42 heavy (non-hydrogen) atoms. The van der Waals surface area contributed by atoms with Gasteiger partial charge in [-0.2, -0.15) is 0 Å². The Bertz CT molecular complexity index is 1770. The van der Waals surface area contributed by atoms with Gasteiger partial charge in [0.2, 0.25) is 5.91 Å². The maximum absolute atomic E-state index is 13.8. The largest absolute Gasteiger partial charge is 0.497 e. The summed E-state index contributed by atoms with van der Waals surface area (Å²) in [5.74, 6) is 0.0437. The number of nitrogens with zero attached hydrogens (tertiary/aromatic N) is 1. The topological polar surface area (TPSA) is 89.4 Å². The molecule has 0 saturated carbocycles. The molecule has 0 aliphatic carbocycles. The third kappa shape index (κ3) is 6.95. The number of benzene rings is 4. The first-order valence-electron chi connectivity index (χ1n) is 13.6. The van der Waals surface area contributed by atoms with Gasteiger partial charge in [0.1, 0.15) is 11.3 Å². The van der Waals surface area contributed by atoms with Crippen LogP contribution in [0.25, 0.3) is 10.9 Å². The Morgan fingerprint density at radius 3 is 2.26 bits per heavy atom. The van der Waals surface area contributed by atoms with E-state index in [2.05, 4.69) is 26.6 Å². The van der Waals surface area contributed by atoms with Gasteiger partial charge >= 0.3 is 0 Å². The van der Waals surface area contributed by atoms with Crippen molar-refractivity contribution in [2.45, 2.75) is 19.4 Å². The van der Waals surface area contributed by atoms with E-state index in [-0.39, 0.29) is 24.4 Å². The van der Waals surface area contributed by atoms with Gasteiger partial charge in [-0.25, -0.2) is 0 Å². The second-order valence-corrected chi connectivity index (χ2v) is 10.8. The van der Waals surface area contributed by atoms with Gasteiger partial charge in [-0.3, -0.25) is 14.4 Å². The first kappa shape index (κ1) is 28.8. The number of rotatable bonds is 10. The summed E-state index contributed by atoms with van der Waals surface area (Å²) in [5.41, 5.74) is 3.56. The van der Waals surface area contributed by atoms with Crippen molar-refractivity contribution in [1.29, 1.82) is 0 Å². The zero-order valence-electron chi connectivity index (χ0n) is 23.1. The molecular formula is C34H30BrN3O4. The molecule has 0 aliphatic heterocycles. The van der Waals surface area contributed by atoms with E-state index in [4.69, 9.17) is 4.74 Å². The standard InChI is InChI=1S/C34H30BrN3O4/c1-42-27-16-12-25(13-17-27)22-38-31-9-5-8-30(37-32(39)20-24-10-14-26(35)15-11-24)28(31)21-29(34(38)41)33(40)36-19-18-23-6-3-2-4-7-23/h2-17,21H,18-20,22H2,1H3,(H,36,40)(H,37,39). The lowest BCUT2D eigenvalue weighted by Crippen LogP contribution is -2.34. The number of anilines is 1. The number of hydrogen-bond acceptors (Lipinski definition) is 4. The fraction of sp³-hybridized carbons (Fsp3) is 0.147. The smallest absolute Gasteiger partial charge is 0.264 e. The second kappa shape index (κ2) is 13.3. The summed E-state index contributed by atoms with van der Waals surface area (Å²) >= 11 is 3.41. The van der Waals surface area contributed by atoms with Crippen molar-refractivity contribution in [2.75, 3.05) is 19.0 Å². The van der Waals surface area contributed by atoms with Gasteiger partial charge in [0.25, 0.3) is 11.5 Å². The van der Waals surface area contributed by atoms with Crippen molar-refractivity contribution in [2.24, 2.45) is 0 Å². The van der Waals surface area contributed by atoms with Crippen LogP contribution in [0.1, 0.15) is 27.0 Å². The van der Waals surface area contributed by atoms with Crippen molar-refractivity contribution in [1.82, 2.24) is 9.88 Å². The first-order valence-corrected chi connectivity index (χ1v) is 14.4. The second-order valence-electron chi connectivity index (χ2n) is 9.88. The highest BCUT2D eigenvalue weighted by atomic mass is 79.9. The Labute approximate surface area is 252 Å². The zero-order chi connectivity index (χ0) is 29.5. The highest BCUT2D eigenvalue weighted by Gasteiger charge is 2.18. The summed E-state index contributed by atoms with van der Waals surface area (Å²) in [7, 11) is 1.60. The number of carbonyl (C=O) groups is 2. The van der Waals surface area contributed by atoms with E-state index in [9.17, 15) is 14.4 Å². The van der Waals surface area contributed by atoms with Crippen molar-refractivity contribution in [3.05, 3.63) is 140 Å². The molecule has 7 nitrogen and oxygen atoms in total. The Morgan fingerprint density at radius 1 is 0.833 bits per heavy atom. The summed E-state index contributed by atoms with van der Waals surface area (Å²) in [5, 5.41) is 6.49. The van der Waals surface area contributed by atoms with Crippen LogP contribution in [0, 0.1) is 0 Å². The monoisotopic (exact) mass is 623 g/mol. The normalized spacial score (nSPS) is 10.8. The number of amides is 2. The van der Waals surface area contributed by atoms with Crippen molar-refractivity contribution in [3.63, 3.8) is 0 Å². The molecule has 0 fully saturated rings. The van der Waals surface area contributed by atoms with Gasteiger partial charge in [0, 0.05) is 16.4 Å². The highest BCUT2D eigenvalue weighted by Crippen LogP contribution is 2.25. The van der Waals surface area contributed by atoms with Gasteiger partial charge in [0.05, 0.1) is 31.3 Å². The minimum atomic E-state index is -0.461. The third-order valence-electron chi connectivity index (χ3n) is 6.98. The summed E-state index contributed by atoms with van der Waals surface area (Å²) in [6.45, 7) is 0.616. The fourth-order valence-electron chi connectivity index (χ4n) is 4.79. The third-order valence-corrected chi connectivity index (χ3v) is 7.51. The molecule has 2 N–H and O–H groups in total. The molecule has 1 aromatic heterocycles. The molecule has 1 heterocycles. The van der Waals surface area contributed by atoms with Crippen LogP contribution in [0.2, 0.25) is 0 Å². The maximum Gasteiger partial charge on any atom is 0.264 e. The van der Waals surface area contributed by atoms with Crippen LogP contribution in [0.3, 0.4) is 0 Å². The Hall–Kier alpha value is -4.69. The van der Waals surface area contributed by atoms with Gasteiger partial charge in [-0.05, 0) is 65.6 Å². The lowest BCUT2D eigenvalue weighted by atomic mass is 10.1. The van der Waals surface area contributed by atoms with Gasteiger partial charge in [-0.15, -0.1) is 0 Å². The number of ether oxygens (including phenoxy) is 1. The molecule has 0 unspecified atom stereocenters. The van der Waals surface area contributed by atoms with Crippen LogP contribution in [0.4, 0.5) is 5.69 Å². The predicted octanol–water partition coefficient (Wildman–Crippen LogP) is 5.97. The van der Waals surface area contributed by atoms with Crippen LogP contribution in [0.15, 0.2) is 112 Å². The molecule has 5 aromatic rings. The first-order chi connectivity index (χ1) is 20.4. The van der Waals surface area contributed by atoms with E-state index in [1.807, 2.05) is 84.9 Å². The van der Waals surface area contributed by atoms with Crippen LogP contribution in [-0.4, -0.2) is 30.0 Å². The molecule has 2 amide bonds. The lowest BCUT2D eigenvalue weighted by molar-refractivity contribution is -0.115. The molecule has 0 bridgehead atoms. The molecule has 0 radical (unpaired) electrons. The number of methoxy groups -OCH3 is 1. The van der Waals surface area contributed by atoms with Gasteiger partial charge < -0.3 is 19.9 Å². The highest BCUT2D eigenvalue weighted by molar-refractivity contribution is 9.10. The van der Waals surface area contributed by atoms with Crippen molar-refractivity contribution >= 4 is 44.3 Å². The average Bonchev–Trinajstić information content (AvgIpc) is 3.00. The number of hydrogen-bond donors (Lipinski definition) is 2. The number of carbonyl (C=O) groups excluding carboxylic acids is 2. The number of halogens is 1. The minimum absolute atomic E-state index is 0.0127. The molecular weight excluding hydrogens is 594 g/mol. The molecule has 0 saturated heterocycles. The summed E-state index contributed by atoms with van der Waals surface area (Å²) in [6, 6.07) is 31.8. The number of nitrogens with one attached hydrogen (secondary N) is 2. The zero-order valence-corrected chi connectivity index (χ0v) is 24.7. The van der Waals surface area contributed by atoms with Crippen LogP contribution in [-0.2, 0) is 24.2 Å². The molecule has 4 aromatic carbocycles. The lowest BCUT2D eigenvalue weighted by Gasteiger charge is -2.16.